The molecule has 0 aliphatic rings. The van der Waals surface area contributed by atoms with E-state index in [-0.39, 0.29) is 12.1 Å². The third kappa shape index (κ3) is 5.92. The van der Waals surface area contributed by atoms with Crippen molar-refractivity contribution in [2.24, 2.45) is 0 Å². The van der Waals surface area contributed by atoms with E-state index in [0.717, 1.165) is 5.56 Å². The Labute approximate surface area is 166 Å². The van der Waals surface area contributed by atoms with Gasteiger partial charge in [0.25, 0.3) is 11.6 Å². The van der Waals surface area contributed by atoms with Crippen molar-refractivity contribution in [1.29, 1.82) is 0 Å². The van der Waals surface area contributed by atoms with Crippen LogP contribution >= 0.6 is 31.9 Å². The van der Waals surface area contributed by atoms with Crippen molar-refractivity contribution in [3.8, 4) is 0 Å². The van der Waals surface area contributed by atoms with E-state index in [1.165, 1.54) is 12.1 Å². The molecule has 26 heavy (non-hydrogen) atoms. The number of ether oxygens (including phenoxy) is 1. The largest absolute Gasteiger partial charge is 0.456 e. The van der Waals surface area contributed by atoms with Gasteiger partial charge < -0.3 is 10.1 Å². The number of nitro groups is 1. The lowest BCUT2D eigenvalue weighted by Gasteiger charge is -2.10. The highest BCUT2D eigenvalue weighted by Crippen LogP contribution is 2.35. The van der Waals surface area contributed by atoms with Gasteiger partial charge >= 0.3 is 5.97 Å². The third-order valence-electron chi connectivity index (χ3n) is 3.33. The number of nitrogens with one attached hydrogen (secondary N) is 1. The Morgan fingerprint density at radius 3 is 2.31 bits per heavy atom. The Hall–Kier alpha value is -2.26. The molecule has 0 saturated heterocycles. The molecule has 0 aliphatic carbocycles. The molecule has 0 heterocycles. The molecular formula is C17H14Br2N2O5. The van der Waals surface area contributed by atoms with E-state index >= 15 is 0 Å². The topological polar surface area (TPSA) is 98.5 Å². The maximum Gasteiger partial charge on any atom is 0.306 e. The Bertz CT molecular complexity index is 804. The van der Waals surface area contributed by atoms with Gasteiger partial charge in [-0.2, -0.15) is 0 Å². The summed E-state index contributed by atoms with van der Waals surface area (Å²) < 4.78 is 5.62. The van der Waals surface area contributed by atoms with Crippen LogP contribution in [-0.4, -0.2) is 23.4 Å². The van der Waals surface area contributed by atoms with Gasteiger partial charge in [-0.1, -0.05) is 30.3 Å². The van der Waals surface area contributed by atoms with Crippen molar-refractivity contribution in [3.05, 3.63) is 67.1 Å². The van der Waals surface area contributed by atoms with Crippen molar-refractivity contribution in [2.45, 2.75) is 12.8 Å². The lowest BCUT2D eigenvalue weighted by atomic mass is 10.1. The van der Waals surface area contributed by atoms with Gasteiger partial charge in [0.15, 0.2) is 6.61 Å². The normalized spacial score (nSPS) is 10.2. The zero-order valence-corrected chi connectivity index (χ0v) is 16.6. The quantitative estimate of drug-likeness (QED) is 0.359. The summed E-state index contributed by atoms with van der Waals surface area (Å²) in [7, 11) is 0. The monoisotopic (exact) mass is 484 g/mol. The molecule has 2 aromatic rings. The second-order valence-corrected chi connectivity index (χ2v) is 6.94. The predicted octanol–water partition coefficient (Wildman–Crippen LogP) is 4.23. The molecule has 1 amide bonds. The average molecular weight is 486 g/mol. The molecule has 0 aromatic heterocycles. The van der Waals surface area contributed by atoms with E-state index < -0.39 is 23.4 Å². The number of esters is 1. The minimum absolute atomic E-state index is 0.130. The second-order valence-electron chi connectivity index (χ2n) is 5.24. The maximum absolute atomic E-state index is 12.0. The van der Waals surface area contributed by atoms with Gasteiger partial charge in [-0.05, 0) is 43.8 Å². The van der Waals surface area contributed by atoms with Crippen LogP contribution in [0.2, 0.25) is 0 Å². The van der Waals surface area contributed by atoms with Crippen molar-refractivity contribution in [2.75, 3.05) is 11.9 Å². The molecule has 0 spiro atoms. The van der Waals surface area contributed by atoms with Crippen LogP contribution in [0.3, 0.4) is 0 Å². The minimum Gasteiger partial charge on any atom is -0.456 e. The standard InChI is InChI=1S/C17H14Br2N2O5/c18-13-8-12(21(24)25)9-14(19)17(13)20-15(22)10-26-16(23)7-6-11-4-2-1-3-5-11/h1-5,8-9H,6-7,10H2,(H,20,22). The van der Waals surface area contributed by atoms with Crippen LogP contribution in [0.5, 0.6) is 0 Å². The molecule has 0 fully saturated rings. The van der Waals surface area contributed by atoms with Crippen molar-refractivity contribution in [3.63, 3.8) is 0 Å². The van der Waals surface area contributed by atoms with Crippen LogP contribution < -0.4 is 5.32 Å². The van der Waals surface area contributed by atoms with Gasteiger partial charge in [0.1, 0.15) is 0 Å². The van der Waals surface area contributed by atoms with Gasteiger partial charge in [-0.25, -0.2) is 0 Å². The number of benzene rings is 2. The predicted molar refractivity (Wildman–Crippen MR) is 103 cm³/mol. The lowest BCUT2D eigenvalue weighted by Crippen LogP contribution is -2.21. The zero-order chi connectivity index (χ0) is 19.1. The molecule has 0 aliphatic heterocycles. The molecule has 2 aromatic carbocycles. The fourth-order valence-electron chi connectivity index (χ4n) is 2.07. The minimum atomic E-state index is -0.548. The number of halogens is 2. The first-order valence-electron chi connectivity index (χ1n) is 7.49. The summed E-state index contributed by atoms with van der Waals surface area (Å²) in [6.07, 6.45) is 0.697. The van der Waals surface area contributed by atoms with E-state index in [1.54, 1.807) is 0 Å². The first-order valence-corrected chi connectivity index (χ1v) is 9.08. The Morgan fingerprint density at radius 2 is 1.73 bits per heavy atom. The zero-order valence-electron chi connectivity index (χ0n) is 13.4. The van der Waals surface area contributed by atoms with E-state index in [0.29, 0.717) is 21.1 Å². The summed E-state index contributed by atoms with van der Waals surface area (Å²) in [5, 5.41) is 13.3. The SMILES string of the molecule is O=C(COC(=O)CCc1ccccc1)Nc1c(Br)cc([N+](=O)[O-])cc1Br. The van der Waals surface area contributed by atoms with Gasteiger partial charge in [0.05, 0.1) is 10.6 Å². The molecule has 0 bridgehead atoms. The number of nitrogens with zero attached hydrogens (tertiary/aromatic N) is 1. The van der Waals surface area contributed by atoms with Gasteiger partial charge in [-0.3, -0.25) is 19.7 Å². The number of hydrogen-bond donors (Lipinski definition) is 1. The molecule has 9 heteroatoms. The number of aryl methyl sites for hydroxylation is 1. The number of amides is 1. The summed E-state index contributed by atoms with van der Waals surface area (Å²) in [4.78, 5) is 33.9. The first-order chi connectivity index (χ1) is 12.4. The van der Waals surface area contributed by atoms with Crippen LogP contribution in [0.25, 0.3) is 0 Å². The van der Waals surface area contributed by atoms with Gasteiger partial charge in [0.2, 0.25) is 0 Å². The van der Waals surface area contributed by atoms with Crippen molar-refractivity contribution in [1.82, 2.24) is 0 Å². The summed E-state index contributed by atoms with van der Waals surface area (Å²) >= 11 is 6.34. The van der Waals surface area contributed by atoms with Crippen LogP contribution in [0, 0.1) is 10.1 Å². The van der Waals surface area contributed by atoms with Crippen LogP contribution in [0.15, 0.2) is 51.4 Å². The molecule has 2 rings (SSSR count). The molecular weight excluding hydrogens is 472 g/mol. The van der Waals surface area contributed by atoms with Gasteiger partial charge in [-0.15, -0.1) is 0 Å². The van der Waals surface area contributed by atoms with E-state index in [9.17, 15) is 19.7 Å². The smallest absolute Gasteiger partial charge is 0.306 e. The highest BCUT2D eigenvalue weighted by Gasteiger charge is 2.16. The highest BCUT2D eigenvalue weighted by molar-refractivity contribution is 9.11. The Morgan fingerprint density at radius 1 is 1.12 bits per heavy atom. The number of nitro benzene ring substituents is 1. The number of anilines is 1. The fraction of sp³-hybridized carbons (Fsp3) is 0.176. The summed E-state index contributed by atoms with van der Waals surface area (Å²) in [5.74, 6) is -1.03. The molecule has 0 atom stereocenters. The number of carbonyl (C=O) groups is 2. The number of non-ortho nitro benzene ring substituents is 1. The molecule has 7 nitrogen and oxygen atoms in total. The average Bonchev–Trinajstić information content (AvgIpc) is 2.61. The molecule has 0 radical (unpaired) electrons. The van der Waals surface area contributed by atoms with E-state index in [1.807, 2.05) is 30.3 Å². The highest BCUT2D eigenvalue weighted by atomic mass is 79.9. The number of carbonyl (C=O) groups excluding carboxylic acids is 2. The number of rotatable bonds is 7. The first kappa shape index (κ1) is 20.1. The maximum atomic E-state index is 12.0. The third-order valence-corrected chi connectivity index (χ3v) is 4.58. The lowest BCUT2D eigenvalue weighted by molar-refractivity contribution is -0.385. The summed E-state index contributed by atoms with van der Waals surface area (Å²) in [6.45, 7) is -0.441. The van der Waals surface area contributed by atoms with Crippen LogP contribution in [0.1, 0.15) is 12.0 Å². The van der Waals surface area contributed by atoms with Crippen LogP contribution in [0.4, 0.5) is 11.4 Å². The molecule has 0 saturated carbocycles. The van der Waals surface area contributed by atoms with E-state index in [2.05, 4.69) is 37.2 Å². The van der Waals surface area contributed by atoms with Crippen LogP contribution in [-0.2, 0) is 20.7 Å². The summed E-state index contributed by atoms with van der Waals surface area (Å²) in [5.41, 5.74) is 1.20. The molecule has 0 unspecified atom stereocenters. The van der Waals surface area contributed by atoms with Crippen molar-refractivity contribution < 1.29 is 19.2 Å². The van der Waals surface area contributed by atoms with Crippen molar-refractivity contribution >= 4 is 55.1 Å². The molecule has 1 N–H and O–H groups in total. The number of hydrogen-bond acceptors (Lipinski definition) is 5. The van der Waals surface area contributed by atoms with E-state index in [4.69, 9.17) is 4.74 Å². The second kappa shape index (κ2) is 9.44. The Balaban J connectivity index is 1.85. The summed E-state index contributed by atoms with van der Waals surface area (Å²) in [6, 6.07) is 12.0. The molecule has 136 valence electrons. The Kier molecular flexibility index (Phi) is 7.28. The van der Waals surface area contributed by atoms with Gasteiger partial charge in [0, 0.05) is 27.5 Å². The fourth-order valence-corrected chi connectivity index (χ4v) is 3.43.